The molecule has 4 rings (SSSR count). The molecular formula is C92H144N22O23. The molecule has 0 aliphatic carbocycles. The average molecular weight is 1930 g/mol. The second kappa shape index (κ2) is 49.0. The number of rotatable bonds is 52. The lowest BCUT2D eigenvalue weighted by Crippen LogP contribution is -2.68. The van der Waals surface area contributed by atoms with Gasteiger partial charge in [-0.1, -0.05) is 76.2 Å². The Bertz CT molecular complexity index is 4950. The van der Waals surface area contributed by atoms with Crippen LogP contribution in [-0.2, 0) is 114 Å². The second-order valence-electron chi connectivity index (χ2n) is 39.2. The number of hydrogen-bond acceptors (Lipinski definition) is 23. The second-order valence-corrected chi connectivity index (χ2v) is 39.2. The Morgan fingerprint density at radius 3 is 1.39 bits per heavy atom. The predicted octanol–water partition coefficient (Wildman–Crippen LogP) is -3.61. The van der Waals surface area contributed by atoms with E-state index in [2.05, 4.69) is 101 Å². The van der Waals surface area contributed by atoms with E-state index in [9.17, 15) is 111 Å². The molecule has 21 amide bonds. The highest BCUT2D eigenvalue weighted by atomic mass is 16.3. The van der Waals surface area contributed by atoms with E-state index in [-0.39, 0.29) is 63.8 Å². The normalized spacial score (nSPS) is 15.7. The molecule has 25 N–H and O–H groups in total. The number of likely N-dealkylation sites (tertiary alicyclic amines) is 1. The Morgan fingerprint density at radius 2 is 0.869 bits per heavy atom. The van der Waals surface area contributed by atoms with E-state index in [1.807, 2.05) is 24.3 Å². The van der Waals surface area contributed by atoms with Crippen LogP contribution in [0.4, 0.5) is 0 Å². The van der Waals surface area contributed by atoms with Crippen molar-refractivity contribution in [2.45, 2.75) is 334 Å². The minimum atomic E-state index is -1.88. The Kier molecular flexibility index (Phi) is 41.5. The number of aliphatic hydroxyl groups is 2. The van der Waals surface area contributed by atoms with Crippen LogP contribution in [0, 0.1) is 5.92 Å². The number of aliphatic hydroxyl groups excluding tert-OH is 2. The number of carbonyl (C=O) groups excluding carboxylic acids is 21. The van der Waals surface area contributed by atoms with Gasteiger partial charge in [0.15, 0.2) is 0 Å². The fraction of sp³-hybridized carbons (Fsp3) is 0.620. The largest absolute Gasteiger partial charge is 0.394 e. The number of para-hydroxylation sites is 1. The van der Waals surface area contributed by atoms with Crippen molar-refractivity contribution in [1.29, 1.82) is 0 Å². The van der Waals surface area contributed by atoms with Crippen molar-refractivity contribution in [2.24, 2.45) is 17.4 Å². The van der Waals surface area contributed by atoms with Crippen molar-refractivity contribution in [3.63, 3.8) is 0 Å². The zero-order chi connectivity index (χ0) is 104. The van der Waals surface area contributed by atoms with Gasteiger partial charge >= 0.3 is 0 Å². The first-order valence-electron chi connectivity index (χ1n) is 45.5. The SMILES string of the molecule is CC[C@@](C)(NC(=O)[C@@H]1CCCN1C(=O)C(C)(C)NC(=O)[C@H](C)NC(=O)[C@H](C)NC(=O)C(C)(C)NC(=O)C(C)(C)NC(=O)CNC(=O)[C@H](CCC(N)=O)NC(=O)[C@@H](CC(C)C)NC(=O)[C@@](C)(CC)NC(=O)C(C)(C)NC(=O)[C@H](CO)NC(=O)C(C)(C)NC(=O)[C@@H](Cc1ccccc1)NC(C)=O)C(=O)NC(C)(C)C(=O)NC(C)(C)C(=O)N[C@@H](CCC(N)=O)C(=O)N[C@@H](CO)Cc1c[nH]c2ccccc12. The zero-order valence-corrected chi connectivity index (χ0v) is 82.7. The fourth-order valence-corrected chi connectivity index (χ4v) is 14.1. The lowest BCUT2D eigenvalue weighted by molar-refractivity contribution is -0.146. The Balaban J connectivity index is 1.31. The number of hydrogen-bond donors (Lipinski definition) is 23. The molecule has 1 fully saturated rings. The summed E-state index contributed by atoms with van der Waals surface area (Å²) in [6.07, 6.45) is 0.810. The third-order valence-corrected chi connectivity index (χ3v) is 23.3. The molecule has 0 radical (unpaired) electrons. The van der Waals surface area contributed by atoms with Crippen molar-refractivity contribution in [3.05, 3.63) is 71.9 Å². The molecule has 45 heteroatoms. The first-order chi connectivity index (χ1) is 63.2. The summed E-state index contributed by atoms with van der Waals surface area (Å²) in [5, 5.41) is 67.2. The van der Waals surface area contributed by atoms with E-state index >= 15 is 0 Å². The van der Waals surface area contributed by atoms with Crippen molar-refractivity contribution in [2.75, 3.05) is 26.3 Å². The molecule has 1 aliphatic heterocycles. The highest BCUT2D eigenvalue weighted by Gasteiger charge is 2.49. The first kappa shape index (κ1) is 116. The van der Waals surface area contributed by atoms with Gasteiger partial charge in [0.05, 0.1) is 25.8 Å². The average Bonchev–Trinajstić information content (AvgIpc) is 1.78. The van der Waals surface area contributed by atoms with Crippen LogP contribution in [0.15, 0.2) is 60.8 Å². The van der Waals surface area contributed by atoms with E-state index in [4.69, 9.17) is 11.5 Å². The van der Waals surface area contributed by atoms with E-state index in [1.54, 1.807) is 57.3 Å². The molecule has 1 aliphatic rings. The summed E-state index contributed by atoms with van der Waals surface area (Å²) in [6.45, 7) is 29.2. The van der Waals surface area contributed by atoms with E-state index in [0.717, 1.165) is 16.5 Å². The number of primary amides is 2. The van der Waals surface area contributed by atoms with E-state index < -0.39 is 261 Å². The van der Waals surface area contributed by atoms with E-state index in [0.29, 0.717) is 12.0 Å². The Labute approximate surface area is 797 Å². The third-order valence-electron chi connectivity index (χ3n) is 23.3. The van der Waals surface area contributed by atoms with Gasteiger partial charge in [-0.3, -0.25) is 101 Å². The number of aromatic nitrogens is 1. The van der Waals surface area contributed by atoms with Gasteiger partial charge < -0.3 is 127 Å². The summed E-state index contributed by atoms with van der Waals surface area (Å²) in [5.74, 6) is -18.4. The number of benzene rings is 2. The lowest BCUT2D eigenvalue weighted by Gasteiger charge is -2.37. The molecular weight excluding hydrogens is 1780 g/mol. The van der Waals surface area contributed by atoms with Gasteiger partial charge in [-0.15, -0.1) is 0 Å². The van der Waals surface area contributed by atoms with Crippen molar-refractivity contribution in [3.8, 4) is 0 Å². The van der Waals surface area contributed by atoms with Gasteiger partial charge in [0.2, 0.25) is 124 Å². The number of nitrogens with two attached hydrogens (primary N) is 2. The Hall–Kier alpha value is -13.2. The summed E-state index contributed by atoms with van der Waals surface area (Å²) < 4.78 is 0. The number of nitrogens with zero attached hydrogens (tertiary/aromatic N) is 1. The molecule has 1 aromatic heterocycles. The van der Waals surface area contributed by atoms with Crippen LogP contribution < -0.4 is 107 Å². The standard InChI is InChI=1S/C92H144N22O23/c1-24-91(22,113-80(134)88(16,17)108-73(127)62(48-116)104-76(130)84(8,9)107-72(126)61(99-52(7)117)43-53-32-27-26-28-33-53)81(135)103-60(42-49(3)4)71(125)101-58(37-39-64(93)118)69(123)96-46-66(120)105-87(14,15)78(132)110-85(10,11)75(129)98-50(5)67(121)97-51(6)68(122)106-90(20,21)83(137)114-41-31-36-63(114)74(128)109-92(23,25-2)82(136)112-89(18,19)79(133)111-86(12,13)77(131)102-59(38-40-65(94)119)70(124)100-55(47-115)44-54-45-95-57-35-30-29-34-56(54)57/h26-30,32-35,45,49-51,55,58-63,95,115-116H,24-25,31,36-44,46-48H2,1-23H3,(H2,93,118)(H2,94,119)(H,96,123)(H,97,121)(H,98,129)(H,99,117)(H,100,124)(H,101,125)(H,102,131)(H,103,135)(H,104,130)(H,105,120)(H,106,122)(H,107,126)(H,108,127)(H,109,128)(H,110,132)(H,111,133)(H,112,136)(H,113,134)/t50-,51-,55+,58-,59-,60+,61+,62-,63-,91+,92+/m0/s1. The highest BCUT2D eigenvalue weighted by molar-refractivity contribution is 6.05. The minimum Gasteiger partial charge on any atom is -0.394 e. The smallest absolute Gasteiger partial charge is 0.248 e. The fourth-order valence-electron chi connectivity index (χ4n) is 14.1. The van der Waals surface area contributed by atoms with E-state index in [1.165, 1.54) is 143 Å². The molecule has 0 unspecified atom stereocenters. The van der Waals surface area contributed by atoms with Crippen LogP contribution in [0.25, 0.3) is 10.9 Å². The molecule has 1 saturated heterocycles. The quantitative estimate of drug-likeness (QED) is 0.0260. The summed E-state index contributed by atoms with van der Waals surface area (Å²) in [5.41, 5.74) is -2.95. The summed E-state index contributed by atoms with van der Waals surface area (Å²) in [6, 6.07) is 4.25. The maximum absolute atomic E-state index is 14.4. The molecule has 3 aromatic rings. The number of aromatic amines is 1. The molecule has 2 heterocycles. The third kappa shape index (κ3) is 34.2. The molecule has 0 saturated carbocycles. The van der Waals surface area contributed by atoms with Crippen molar-refractivity contribution in [1.82, 2.24) is 106 Å². The maximum Gasteiger partial charge on any atom is 0.248 e. The summed E-state index contributed by atoms with van der Waals surface area (Å²) >= 11 is 0. The monoisotopic (exact) mass is 1930 g/mol. The topological polar surface area (TPSA) is 687 Å². The number of H-pyrrole nitrogens is 1. The van der Waals surface area contributed by atoms with Gasteiger partial charge in [-0.05, 0) is 199 Å². The van der Waals surface area contributed by atoms with Gasteiger partial charge in [-0.2, -0.15) is 0 Å². The van der Waals surface area contributed by atoms with Gasteiger partial charge in [0, 0.05) is 49.8 Å². The summed E-state index contributed by atoms with van der Waals surface area (Å²) in [7, 11) is 0. The van der Waals surface area contributed by atoms with Crippen LogP contribution in [0.5, 0.6) is 0 Å². The molecule has 760 valence electrons. The number of fused-ring (bicyclic) bond motifs is 1. The van der Waals surface area contributed by atoms with Crippen LogP contribution in [0.1, 0.15) is 228 Å². The molecule has 0 spiro atoms. The molecule has 2 aromatic carbocycles. The molecule has 137 heavy (non-hydrogen) atoms. The molecule has 0 bridgehead atoms. The van der Waals surface area contributed by atoms with Crippen LogP contribution >= 0.6 is 0 Å². The van der Waals surface area contributed by atoms with Crippen molar-refractivity contribution < 1.29 is 111 Å². The number of nitrogens with one attached hydrogen (secondary N) is 19. The van der Waals surface area contributed by atoms with Crippen molar-refractivity contribution >= 4 is 135 Å². The van der Waals surface area contributed by atoms with Crippen LogP contribution in [0.2, 0.25) is 0 Å². The number of carbonyl (C=O) groups is 21. The van der Waals surface area contributed by atoms with Gasteiger partial charge in [-0.25, -0.2) is 0 Å². The molecule has 45 nitrogen and oxygen atoms in total. The highest BCUT2D eigenvalue weighted by Crippen LogP contribution is 2.26. The van der Waals surface area contributed by atoms with Gasteiger partial charge in [0.25, 0.3) is 0 Å². The lowest BCUT2D eigenvalue weighted by atomic mass is 9.93. The first-order valence-corrected chi connectivity index (χ1v) is 45.5. The Morgan fingerprint density at radius 1 is 0.423 bits per heavy atom. The minimum absolute atomic E-state index is 0.0415. The zero-order valence-electron chi connectivity index (χ0n) is 82.7. The maximum atomic E-state index is 14.4. The number of amides is 21. The van der Waals surface area contributed by atoms with Crippen LogP contribution in [0.3, 0.4) is 0 Å². The van der Waals surface area contributed by atoms with Crippen LogP contribution in [-0.4, -0.2) is 275 Å². The van der Waals surface area contributed by atoms with Gasteiger partial charge in [0.1, 0.15) is 98.2 Å². The summed E-state index contributed by atoms with van der Waals surface area (Å²) in [4.78, 5) is 291. The molecule has 11 atom stereocenters. The predicted molar refractivity (Wildman–Crippen MR) is 502 cm³/mol.